The van der Waals surface area contributed by atoms with E-state index < -0.39 is 0 Å². The topological polar surface area (TPSA) is 50.2 Å². The summed E-state index contributed by atoms with van der Waals surface area (Å²) in [5.74, 6) is 1.11. The number of hydrogen-bond donors (Lipinski definition) is 1. The summed E-state index contributed by atoms with van der Waals surface area (Å²) in [6, 6.07) is 15.8. The molecule has 0 aliphatic heterocycles. The Hall–Kier alpha value is -2.42. The van der Waals surface area contributed by atoms with Crippen LogP contribution in [0.25, 0.3) is 0 Å². The molecule has 0 amide bonds. The molecule has 0 fully saturated rings. The average molecular weight is 339 g/mol. The lowest BCUT2D eigenvalue weighted by Crippen LogP contribution is -2.00. The molecule has 0 aliphatic rings. The quantitative estimate of drug-likeness (QED) is 0.701. The number of nitrogens with one attached hydrogen (secondary N) is 1. The number of carbonyl (C=O) groups excluding carboxylic acids is 1. The summed E-state index contributed by atoms with van der Waals surface area (Å²) in [5, 5.41) is 7.87. The van der Waals surface area contributed by atoms with E-state index in [4.69, 9.17) is 10.1 Å². The summed E-state index contributed by atoms with van der Waals surface area (Å²) in [6.07, 6.45) is 3.36. The summed E-state index contributed by atoms with van der Waals surface area (Å²) in [4.78, 5) is 10.6. The first-order chi connectivity index (χ1) is 12.0. The minimum atomic E-state index is 0.214. The average Bonchev–Trinajstić information content (AvgIpc) is 2.62. The molecule has 0 unspecified atom stereocenters. The van der Waals surface area contributed by atoms with Gasteiger partial charge in [-0.1, -0.05) is 62.7 Å². The summed E-state index contributed by atoms with van der Waals surface area (Å²) >= 11 is 0. The van der Waals surface area contributed by atoms with Gasteiger partial charge in [-0.15, -0.1) is 0 Å². The highest BCUT2D eigenvalue weighted by Crippen LogP contribution is 2.21. The number of benzene rings is 2. The first-order valence-electron chi connectivity index (χ1n) is 8.79. The van der Waals surface area contributed by atoms with E-state index in [2.05, 4.69) is 19.9 Å². The Balaban J connectivity index is 0.000000271. The van der Waals surface area contributed by atoms with Crippen molar-refractivity contribution in [3.05, 3.63) is 65.2 Å². The molecule has 0 saturated heterocycles. The highest BCUT2D eigenvalue weighted by atomic mass is 16.5. The molecule has 0 atom stereocenters. The summed E-state index contributed by atoms with van der Waals surface area (Å²) in [7, 11) is 1.68. The van der Waals surface area contributed by atoms with Crippen molar-refractivity contribution >= 4 is 11.5 Å². The number of carbonyl (C=O) groups is 1. The zero-order chi connectivity index (χ0) is 18.7. The Bertz CT molecular complexity index is 678. The molecule has 0 aliphatic carbocycles. The molecule has 0 bridgehead atoms. The number of ether oxygens (including phenoxy) is 1. The molecular weight excluding hydrogens is 310 g/mol. The van der Waals surface area contributed by atoms with Crippen molar-refractivity contribution in [1.82, 2.24) is 0 Å². The third-order valence-corrected chi connectivity index (χ3v) is 3.81. The molecule has 3 heteroatoms. The Morgan fingerprint density at radius 2 is 1.76 bits per heavy atom. The van der Waals surface area contributed by atoms with E-state index in [9.17, 15) is 4.79 Å². The van der Waals surface area contributed by atoms with Crippen LogP contribution in [0, 0.1) is 5.41 Å². The second-order valence-electron chi connectivity index (χ2n) is 5.97. The number of ketones is 1. The molecule has 2 aromatic rings. The van der Waals surface area contributed by atoms with E-state index in [0.717, 1.165) is 36.1 Å². The fourth-order valence-corrected chi connectivity index (χ4v) is 2.50. The maximum Gasteiger partial charge on any atom is 0.134 e. The Labute approximate surface area is 151 Å². The standard InChI is InChI=1S/C13H19NO.C9H10O/c1-4-6-12(14)11-8-7-10(5-2)13(9-11)15-3;1-8(10)7-9-5-3-2-4-6-9/h7-9,14H,4-6H2,1-3H3;2-6H,7H2,1H3. The monoisotopic (exact) mass is 339 g/mol. The Kier molecular flexibility index (Phi) is 9.23. The van der Waals surface area contributed by atoms with Crippen molar-refractivity contribution in [3.63, 3.8) is 0 Å². The Morgan fingerprint density at radius 1 is 1.08 bits per heavy atom. The van der Waals surface area contributed by atoms with Gasteiger partial charge in [0.2, 0.25) is 0 Å². The van der Waals surface area contributed by atoms with E-state index in [1.165, 1.54) is 5.56 Å². The van der Waals surface area contributed by atoms with E-state index >= 15 is 0 Å². The predicted molar refractivity (Wildman–Crippen MR) is 105 cm³/mol. The van der Waals surface area contributed by atoms with Crippen molar-refractivity contribution < 1.29 is 9.53 Å². The van der Waals surface area contributed by atoms with Crippen molar-refractivity contribution in [2.24, 2.45) is 0 Å². The molecular formula is C22H29NO2. The third-order valence-electron chi connectivity index (χ3n) is 3.81. The van der Waals surface area contributed by atoms with E-state index in [-0.39, 0.29) is 5.78 Å². The zero-order valence-electron chi connectivity index (χ0n) is 15.8. The van der Waals surface area contributed by atoms with E-state index in [1.807, 2.05) is 42.5 Å². The van der Waals surface area contributed by atoms with Gasteiger partial charge < -0.3 is 10.1 Å². The van der Waals surface area contributed by atoms with Crippen LogP contribution in [0.5, 0.6) is 5.75 Å². The lowest BCUT2D eigenvalue weighted by Gasteiger charge is -2.09. The molecule has 2 rings (SSSR count). The van der Waals surface area contributed by atoms with Crippen LogP contribution >= 0.6 is 0 Å². The molecule has 25 heavy (non-hydrogen) atoms. The number of rotatable bonds is 7. The van der Waals surface area contributed by atoms with Crippen molar-refractivity contribution in [1.29, 1.82) is 5.41 Å². The lowest BCUT2D eigenvalue weighted by molar-refractivity contribution is -0.116. The van der Waals surface area contributed by atoms with Gasteiger partial charge in [0.25, 0.3) is 0 Å². The van der Waals surface area contributed by atoms with Crippen molar-refractivity contribution in [2.45, 2.75) is 46.5 Å². The summed E-state index contributed by atoms with van der Waals surface area (Å²) in [5.41, 5.74) is 3.96. The van der Waals surface area contributed by atoms with Gasteiger partial charge in [0.1, 0.15) is 11.5 Å². The Morgan fingerprint density at radius 3 is 2.28 bits per heavy atom. The fourth-order valence-electron chi connectivity index (χ4n) is 2.50. The molecule has 0 radical (unpaired) electrons. The first-order valence-corrected chi connectivity index (χ1v) is 8.79. The maximum absolute atomic E-state index is 10.6. The number of methoxy groups -OCH3 is 1. The molecule has 0 aromatic heterocycles. The second kappa shape index (κ2) is 11.2. The summed E-state index contributed by atoms with van der Waals surface area (Å²) < 4.78 is 5.31. The molecule has 3 nitrogen and oxygen atoms in total. The lowest BCUT2D eigenvalue weighted by atomic mass is 10.0. The van der Waals surface area contributed by atoms with Crippen LogP contribution in [0.4, 0.5) is 0 Å². The number of Topliss-reactive ketones (excluding diaryl/α,β-unsaturated/α-hetero) is 1. The fraction of sp³-hybridized carbons (Fsp3) is 0.364. The van der Waals surface area contributed by atoms with Crippen LogP contribution in [-0.4, -0.2) is 18.6 Å². The molecule has 0 saturated carbocycles. The second-order valence-corrected chi connectivity index (χ2v) is 5.97. The number of hydrogen-bond acceptors (Lipinski definition) is 3. The minimum absolute atomic E-state index is 0.214. The van der Waals surface area contributed by atoms with Gasteiger partial charge in [-0.3, -0.25) is 4.79 Å². The van der Waals surface area contributed by atoms with Crippen LogP contribution in [0.3, 0.4) is 0 Å². The highest BCUT2D eigenvalue weighted by molar-refractivity contribution is 5.98. The van der Waals surface area contributed by atoms with Gasteiger partial charge in [-0.25, -0.2) is 0 Å². The first kappa shape index (κ1) is 20.6. The van der Waals surface area contributed by atoms with Gasteiger partial charge in [-0.2, -0.15) is 0 Å². The predicted octanol–water partition coefficient (Wildman–Crippen LogP) is 5.24. The highest BCUT2D eigenvalue weighted by Gasteiger charge is 2.05. The number of aryl methyl sites for hydroxylation is 1. The van der Waals surface area contributed by atoms with Crippen LogP contribution in [0.2, 0.25) is 0 Å². The normalized spacial score (nSPS) is 9.76. The molecule has 1 N–H and O–H groups in total. The largest absolute Gasteiger partial charge is 0.496 e. The molecule has 2 aromatic carbocycles. The molecule has 0 heterocycles. The zero-order valence-corrected chi connectivity index (χ0v) is 15.8. The summed E-state index contributed by atoms with van der Waals surface area (Å²) in [6.45, 7) is 5.80. The smallest absolute Gasteiger partial charge is 0.134 e. The van der Waals surface area contributed by atoms with E-state index in [1.54, 1.807) is 14.0 Å². The maximum atomic E-state index is 10.6. The van der Waals surface area contributed by atoms with Gasteiger partial charge >= 0.3 is 0 Å². The van der Waals surface area contributed by atoms with Crippen molar-refractivity contribution in [2.75, 3.05) is 7.11 Å². The van der Waals surface area contributed by atoms with Crippen LogP contribution in [-0.2, 0) is 17.6 Å². The minimum Gasteiger partial charge on any atom is -0.496 e. The van der Waals surface area contributed by atoms with Crippen molar-refractivity contribution in [3.8, 4) is 5.75 Å². The SMILES string of the molecule is CC(=O)Cc1ccccc1.CCCC(=N)c1ccc(CC)c(OC)c1. The third kappa shape index (κ3) is 7.34. The van der Waals surface area contributed by atoms with Gasteiger partial charge in [0.15, 0.2) is 0 Å². The van der Waals surface area contributed by atoms with E-state index in [0.29, 0.717) is 12.1 Å². The van der Waals surface area contributed by atoms with Crippen LogP contribution in [0.1, 0.15) is 50.3 Å². The van der Waals surface area contributed by atoms with Crippen LogP contribution in [0.15, 0.2) is 48.5 Å². The molecule has 0 spiro atoms. The van der Waals surface area contributed by atoms with Gasteiger partial charge in [0, 0.05) is 12.1 Å². The molecule has 134 valence electrons. The van der Waals surface area contributed by atoms with Crippen LogP contribution < -0.4 is 4.74 Å². The van der Waals surface area contributed by atoms with Gasteiger partial charge in [-0.05, 0) is 42.5 Å². The van der Waals surface area contributed by atoms with Gasteiger partial charge in [0.05, 0.1) is 7.11 Å².